The minimum atomic E-state index is -0.635. The maximum atomic E-state index is 13.5. The maximum absolute atomic E-state index is 13.5. The van der Waals surface area contributed by atoms with Gasteiger partial charge in [0.25, 0.3) is 0 Å². The summed E-state index contributed by atoms with van der Waals surface area (Å²) in [5.41, 5.74) is 1.88. The largest absolute Gasteiger partial charge is 0.493 e. The number of benzene rings is 2. The summed E-state index contributed by atoms with van der Waals surface area (Å²) in [7, 11) is 3.12. The molecule has 2 aromatic rings. The van der Waals surface area contributed by atoms with E-state index in [1.807, 2.05) is 19.1 Å². The van der Waals surface area contributed by atoms with Crippen molar-refractivity contribution in [2.24, 2.45) is 0 Å². The first-order valence-corrected chi connectivity index (χ1v) is 9.05. The molecule has 28 heavy (non-hydrogen) atoms. The Morgan fingerprint density at radius 1 is 1.18 bits per heavy atom. The summed E-state index contributed by atoms with van der Waals surface area (Å²) in [6.45, 7) is 2.72. The van der Waals surface area contributed by atoms with Gasteiger partial charge in [-0.25, -0.2) is 4.39 Å². The quantitative estimate of drug-likeness (QED) is 0.827. The Hall–Kier alpha value is -3.09. The van der Waals surface area contributed by atoms with Crippen LogP contribution in [0.4, 0.5) is 10.1 Å². The van der Waals surface area contributed by atoms with Crippen molar-refractivity contribution in [1.82, 2.24) is 4.90 Å². The number of halogens is 1. The number of anilines is 1. The van der Waals surface area contributed by atoms with Crippen molar-refractivity contribution in [3.8, 4) is 11.5 Å². The third kappa shape index (κ3) is 3.93. The van der Waals surface area contributed by atoms with Gasteiger partial charge in [-0.2, -0.15) is 0 Å². The van der Waals surface area contributed by atoms with Crippen LogP contribution in [-0.4, -0.2) is 37.5 Å². The molecule has 1 heterocycles. The molecule has 0 radical (unpaired) electrons. The number of carbonyl (C=O) groups is 2. The van der Waals surface area contributed by atoms with Crippen LogP contribution in [0.5, 0.6) is 11.5 Å². The fourth-order valence-corrected chi connectivity index (χ4v) is 3.42. The van der Waals surface area contributed by atoms with Gasteiger partial charge in [0.05, 0.1) is 20.1 Å². The molecule has 6 nitrogen and oxygen atoms in total. The summed E-state index contributed by atoms with van der Waals surface area (Å²) in [6, 6.07) is 9.61. The number of fused-ring (bicyclic) bond motifs is 1. The molecule has 7 heteroatoms. The van der Waals surface area contributed by atoms with Crippen LogP contribution in [0.2, 0.25) is 0 Å². The molecule has 0 aromatic heterocycles. The van der Waals surface area contributed by atoms with Crippen LogP contribution < -0.4 is 14.8 Å². The number of likely N-dealkylation sites (N-methyl/N-ethyl adjacent to an activating group) is 1. The average Bonchev–Trinajstić information content (AvgIpc) is 2.70. The second-order valence-corrected chi connectivity index (χ2v) is 6.58. The van der Waals surface area contributed by atoms with Crippen LogP contribution in [-0.2, 0) is 16.1 Å². The molecule has 1 aliphatic rings. The topological polar surface area (TPSA) is 67.9 Å². The van der Waals surface area contributed by atoms with E-state index < -0.39 is 11.7 Å². The van der Waals surface area contributed by atoms with E-state index in [-0.39, 0.29) is 18.2 Å². The molecule has 2 aromatic carbocycles. The fraction of sp³-hybridized carbons (Fsp3) is 0.333. The minimum Gasteiger partial charge on any atom is -0.493 e. The minimum absolute atomic E-state index is 0.0416. The van der Waals surface area contributed by atoms with E-state index in [1.165, 1.54) is 12.1 Å². The molecule has 0 unspecified atom stereocenters. The lowest BCUT2D eigenvalue weighted by Gasteiger charge is -2.30. The summed E-state index contributed by atoms with van der Waals surface area (Å²) in [5, 5.41) is 2.64. The normalized spacial score (nSPS) is 15.4. The molecular formula is C21H23FN2O4. The Balaban J connectivity index is 1.85. The number of nitrogens with one attached hydrogen (secondary N) is 1. The molecule has 0 fully saturated rings. The molecular weight excluding hydrogens is 363 g/mol. The van der Waals surface area contributed by atoms with E-state index in [2.05, 4.69) is 5.32 Å². The standard InChI is InChI=1S/C21H23FN2O4/c1-4-24(12-13-5-8-18(27-2)19(9-13)28-3)21(26)16-11-20(25)23-17-10-14(22)6-7-15(16)17/h5-10,16H,4,11-12H2,1-3H3,(H,23,25)/t16-/m1/s1. The number of carbonyl (C=O) groups excluding carboxylic acids is 2. The monoisotopic (exact) mass is 386 g/mol. The first kappa shape index (κ1) is 19.7. The number of rotatable bonds is 6. The van der Waals surface area contributed by atoms with Gasteiger partial charge in [0, 0.05) is 25.2 Å². The number of amides is 2. The summed E-state index contributed by atoms with van der Waals surface area (Å²) >= 11 is 0. The van der Waals surface area contributed by atoms with E-state index in [1.54, 1.807) is 31.3 Å². The second kappa shape index (κ2) is 8.29. The lowest BCUT2D eigenvalue weighted by Crippen LogP contribution is -2.38. The third-order valence-electron chi connectivity index (χ3n) is 4.87. The maximum Gasteiger partial charge on any atom is 0.231 e. The summed E-state index contributed by atoms with van der Waals surface area (Å²) in [4.78, 5) is 26.9. The van der Waals surface area contributed by atoms with E-state index in [0.29, 0.717) is 35.8 Å². The van der Waals surface area contributed by atoms with Gasteiger partial charge in [-0.1, -0.05) is 12.1 Å². The van der Waals surface area contributed by atoms with Crippen molar-refractivity contribution >= 4 is 17.5 Å². The zero-order chi connectivity index (χ0) is 20.3. The zero-order valence-electron chi connectivity index (χ0n) is 16.1. The highest BCUT2D eigenvalue weighted by molar-refractivity contribution is 6.01. The first-order chi connectivity index (χ1) is 13.5. The Bertz CT molecular complexity index is 900. The SMILES string of the molecule is CCN(Cc1ccc(OC)c(OC)c1)C(=O)[C@@H]1CC(=O)Nc2cc(F)ccc21. The summed E-state index contributed by atoms with van der Waals surface area (Å²) in [6.07, 6.45) is 0.0416. The van der Waals surface area contributed by atoms with Crippen LogP contribution in [0.25, 0.3) is 0 Å². The molecule has 1 N–H and O–H groups in total. The van der Waals surface area contributed by atoms with Gasteiger partial charge in [-0.3, -0.25) is 9.59 Å². The van der Waals surface area contributed by atoms with Gasteiger partial charge in [-0.15, -0.1) is 0 Å². The van der Waals surface area contributed by atoms with E-state index >= 15 is 0 Å². The van der Waals surface area contributed by atoms with Gasteiger partial charge in [0.1, 0.15) is 5.82 Å². The number of hydrogen-bond acceptors (Lipinski definition) is 4. The predicted molar refractivity (Wildman–Crippen MR) is 103 cm³/mol. The highest BCUT2D eigenvalue weighted by Gasteiger charge is 2.33. The van der Waals surface area contributed by atoms with Crippen molar-refractivity contribution in [1.29, 1.82) is 0 Å². The smallest absolute Gasteiger partial charge is 0.231 e. The van der Waals surface area contributed by atoms with Crippen molar-refractivity contribution in [2.45, 2.75) is 25.8 Å². The molecule has 0 aliphatic carbocycles. The molecule has 0 saturated carbocycles. The van der Waals surface area contributed by atoms with Crippen molar-refractivity contribution in [2.75, 3.05) is 26.1 Å². The Morgan fingerprint density at radius 3 is 2.61 bits per heavy atom. The summed E-state index contributed by atoms with van der Waals surface area (Å²) in [5.74, 6) is -0.352. The van der Waals surface area contributed by atoms with Gasteiger partial charge in [0.15, 0.2) is 11.5 Å². The van der Waals surface area contributed by atoms with Gasteiger partial charge < -0.3 is 19.7 Å². The van der Waals surface area contributed by atoms with E-state index in [0.717, 1.165) is 5.56 Å². The Labute approximate surface area is 163 Å². The lowest BCUT2D eigenvalue weighted by molar-refractivity contribution is -0.135. The summed E-state index contributed by atoms with van der Waals surface area (Å²) < 4.78 is 24.1. The van der Waals surface area contributed by atoms with Crippen LogP contribution in [0, 0.1) is 5.82 Å². The van der Waals surface area contributed by atoms with Crippen molar-refractivity contribution in [3.63, 3.8) is 0 Å². The Kier molecular flexibility index (Phi) is 5.82. The fourth-order valence-electron chi connectivity index (χ4n) is 3.42. The van der Waals surface area contributed by atoms with Gasteiger partial charge >= 0.3 is 0 Å². The highest BCUT2D eigenvalue weighted by Crippen LogP contribution is 2.35. The number of hydrogen-bond donors (Lipinski definition) is 1. The highest BCUT2D eigenvalue weighted by atomic mass is 19.1. The molecule has 2 amide bonds. The van der Waals surface area contributed by atoms with Crippen LogP contribution >= 0.6 is 0 Å². The number of ether oxygens (including phenoxy) is 2. The molecule has 0 bridgehead atoms. The molecule has 1 aliphatic heterocycles. The molecule has 0 saturated heterocycles. The van der Waals surface area contributed by atoms with E-state index in [9.17, 15) is 14.0 Å². The second-order valence-electron chi connectivity index (χ2n) is 6.58. The van der Waals surface area contributed by atoms with Crippen LogP contribution in [0.15, 0.2) is 36.4 Å². The van der Waals surface area contributed by atoms with Crippen molar-refractivity contribution in [3.05, 3.63) is 53.3 Å². The predicted octanol–water partition coefficient (Wildman–Crippen LogP) is 3.32. The van der Waals surface area contributed by atoms with Crippen LogP contribution in [0.1, 0.15) is 30.4 Å². The first-order valence-electron chi connectivity index (χ1n) is 9.05. The number of nitrogens with zero attached hydrogens (tertiary/aromatic N) is 1. The average molecular weight is 386 g/mol. The molecule has 0 spiro atoms. The molecule has 1 atom stereocenters. The van der Waals surface area contributed by atoms with Gasteiger partial charge in [0.2, 0.25) is 11.8 Å². The number of methoxy groups -OCH3 is 2. The third-order valence-corrected chi connectivity index (χ3v) is 4.87. The van der Waals surface area contributed by atoms with E-state index in [4.69, 9.17) is 9.47 Å². The van der Waals surface area contributed by atoms with Crippen molar-refractivity contribution < 1.29 is 23.5 Å². The van der Waals surface area contributed by atoms with Gasteiger partial charge in [-0.05, 0) is 42.3 Å². The molecule has 148 valence electrons. The molecule has 3 rings (SSSR count). The Morgan fingerprint density at radius 2 is 1.93 bits per heavy atom. The lowest BCUT2D eigenvalue weighted by atomic mass is 9.89. The zero-order valence-corrected chi connectivity index (χ0v) is 16.1. The van der Waals surface area contributed by atoms with Crippen LogP contribution in [0.3, 0.4) is 0 Å².